The van der Waals surface area contributed by atoms with E-state index in [1.807, 2.05) is 0 Å². The lowest BCUT2D eigenvalue weighted by molar-refractivity contribution is 0.0783. The van der Waals surface area contributed by atoms with Crippen molar-refractivity contribution >= 4 is 0 Å². The largest absolute Gasteiger partial charge is 0.329 e. The van der Waals surface area contributed by atoms with Crippen LogP contribution in [0.5, 0.6) is 0 Å². The molecule has 2 nitrogen and oxygen atoms in total. The van der Waals surface area contributed by atoms with E-state index in [4.69, 9.17) is 5.73 Å². The quantitative estimate of drug-likeness (QED) is 0.798. The molecule has 1 fully saturated rings. The second-order valence-corrected chi connectivity index (χ2v) is 7.07. The molecule has 0 atom stereocenters. The topological polar surface area (TPSA) is 29.3 Å². The summed E-state index contributed by atoms with van der Waals surface area (Å²) in [6.07, 6.45) is 9.32. The molecule has 2 N–H and O–H groups in total. The number of nitrogens with two attached hydrogens (primary N) is 1. The summed E-state index contributed by atoms with van der Waals surface area (Å²) in [5, 5.41) is 0. The van der Waals surface area contributed by atoms with Crippen molar-refractivity contribution < 1.29 is 0 Å². The second-order valence-electron chi connectivity index (χ2n) is 7.07. The smallest absolute Gasteiger partial charge is 0.0328 e. The van der Waals surface area contributed by atoms with Gasteiger partial charge in [-0.25, -0.2) is 0 Å². The molecule has 1 saturated carbocycles. The Bertz CT molecular complexity index is 211. The molecule has 0 aliphatic heterocycles. The number of rotatable bonds is 5. The minimum absolute atomic E-state index is 0.316. The zero-order valence-corrected chi connectivity index (χ0v) is 12.4. The molecule has 1 aliphatic rings. The Morgan fingerprint density at radius 2 is 1.71 bits per heavy atom. The highest BCUT2D eigenvalue weighted by atomic mass is 15.2. The van der Waals surface area contributed by atoms with E-state index in [2.05, 4.69) is 32.7 Å². The van der Waals surface area contributed by atoms with Gasteiger partial charge in [0.05, 0.1) is 0 Å². The Morgan fingerprint density at radius 1 is 1.12 bits per heavy atom. The average Bonchev–Trinajstić information content (AvgIpc) is 2.28. The van der Waals surface area contributed by atoms with Crippen LogP contribution in [0, 0.1) is 5.41 Å². The fourth-order valence-electron chi connectivity index (χ4n) is 3.04. The number of nitrogens with zero attached hydrogens (tertiary/aromatic N) is 1. The van der Waals surface area contributed by atoms with Crippen molar-refractivity contribution in [2.45, 2.75) is 71.3 Å². The molecule has 102 valence electrons. The summed E-state index contributed by atoms with van der Waals surface area (Å²) in [5.41, 5.74) is 6.83. The highest BCUT2D eigenvalue weighted by Gasteiger charge is 2.34. The van der Waals surface area contributed by atoms with Gasteiger partial charge in [-0.1, -0.05) is 40.0 Å². The minimum Gasteiger partial charge on any atom is -0.329 e. The van der Waals surface area contributed by atoms with Crippen molar-refractivity contribution in [2.75, 3.05) is 20.1 Å². The number of likely N-dealkylation sites (N-methyl/N-ethyl adjacent to an activating group) is 1. The summed E-state index contributed by atoms with van der Waals surface area (Å²) < 4.78 is 0. The van der Waals surface area contributed by atoms with Crippen LogP contribution in [0.25, 0.3) is 0 Å². The maximum Gasteiger partial charge on any atom is 0.0328 e. The van der Waals surface area contributed by atoms with Crippen LogP contribution in [0.2, 0.25) is 0 Å². The zero-order valence-electron chi connectivity index (χ0n) is 12.4. The van der Waals surface area contributed by atoms with Gasteiger partial charge in [0.2, 0.25) is 0 Å². The van der Waals surface area contributed by atoms with E-state index in [-0.39, 0.29) is 0 Å². The normalized spacial score (nSPS) is 20.8. The van der Waals surface area contributed by atoms with Crippen LogP contribution in [0.15, 0.2) is 0 Å². The van der Waals surface area contributed by atoms with E-state index in [0.717, 1.165) is 6.54 Å². The summed E-state index contributed by atoms with van der Waals surface area (Å²) >= 11 is 0. The standard InChI is InChI=1S/C15H32N2/c1-14(2,3)9-8-12-17(4)15(13-16)10-6-5-7-11-15/h5-13,16H2,1-4H3. The van der Waals surface area contributed by atoms with E-state index >= 15 is 0 Å². The lowest BCUT2D eigenvalue weighted by Crippen LogP contribution is -2.53. The first-order valence-electron chi connectivity index (χ1n) is 7.31. The summed E-state index contributed by atoms with van der Waals surface area (Å²) in [7, 11) is 2.28. The van der Waals surface area contributed by atoms with Crippen LogP contribution in [0.1, 0.15) is 65.7 Å². The van der Waals surface area contributed by atoms with E-state index in [1.165, 1.54) is 51.5 Å². The van der Waals surface area contributed by atoms with Crippen LogP contribution in [-0.2, 0) is 0 Å². The highest BCUT2D eigenvalue weighted by Crippen LogP contribution is 2.32. The number of hydrogen-bond acceptors (Lipinski definition) is 2. The lowest BCUT2D eigenvalue weighted by Gasteiger charge is -2.44. The van der Waals surface area contributed by atoms with Crippen molar-refractivity contribution in [2.24, 2.45) is 11.1 Å². The first-order valence-corrected chi connectivity index (χ1v) is 7.31. The van der Waals surface area contributed by atoms with Crippen LogP contribution < -0.4 is 5.73 Å². The molecule has 2 heteroatoms. The molecule has 0 amide bonds. The maximum absolute atomic E-state index is 6.06. The SMILES string of the molecule is CN(CCCC(C)(C)C)C1(CN)CCCCC1. The van der Waals surface area contributed by atoms with Crippen molar-refractivity contribution in [3.63, 3.8) is 0 Å². The first kappa shape index (κ1) is 15.0. The Hall–Kier alpha value is -0.0800. The van der Waals surface area contributed by atoms with Gasteiger partial charge in [-0.15, -0.1) is 0 Å². The fraction of sp³-hybridized carbons (Fsp3) is 1.00. The molecular formula is C15H32N2. The minimum atomic E-state index is 0.316. The zero-order chi connectivity index (χ0) is 12.9. The molecule has 0 unspecified atom stereocenters. The molecule has 0 heterocycles. The predicted octanol–water partition coefficient (Wildman–Crippen LogP) is 3.41. The van der Waals surface area contributed by atoms with Crippen molar-refractivity contribution in [1.82, 2.24) is 4.90 Å². The Labute approximate surface area is 108 Å². The molecule has 0 bridgehead atoms. The van der Waals surface area contributed by atoms with Gasteiger partial charge >= 0.3 is 0 Å². The van der Waals surface area contributed by atoms with Crippen molar-refractivity contribution in [3.05, 3.63) is 0 Å². The van der Waals surface area contributed by atoms with E-state index in [9.17, 15) is 0 Å². The monoisotopic (exact) mass is 240 g/mol. The first-order chi connectivity index (χ1) is 7.90. The molecule has 0 aromatic heterocycles. The Balaban J connectivity index is 2.41. The third-order valence-electron chi connectivity index (χ3n) is 4.39. The highest BCUT2D eigenvalue weighted by molar-refractivity contribution is 4.92. The van der Waals surface area contributed by atoms with Crippen LogP contribution in [0.3, 0.4) is 0 Å². The average molecular weight is 240 g/mol. The van der Waals surface area contributed by atoms with E-state index in [0.29, 0.717) is 11.0 Å². The van der Waals surface area contributed by atoms with Gasteiger partial charge in [-0.05, 0) is 44.7 Å². The predicted molar refractivity (Wildman–Crippen MR) is 76.2 cm³/mol. The summed E-state index contributed by atoms with van der Waals surface area (Å²) in [5.74, 6) is 0. The molecular weight excluding hydrogens is 208 g/mol. The van der Waals surface area contributed by atoms with E-state index in [1.54, 1.807) is 0 Å². The number of hydrogen-bond donors (Lipinski definition) is 1. The molecule has 0 radical (unpaired) electrons. The van der Waals surface area contributed by atoms with Crippen LogP contribution in [-0.4, -0.2) is 30.6 Å². The Morgan fingerprint density at radius 3 is 2.18 bits per heavy atom. The molecule has 0 spiro atoms. The van der Waals surface area contributed by atoms with Gasteiger partial charge in [-0.3, -0.25) is 4.90 Å². The lowest BCUT2D eigenvalue weighted by atomic mass is 9.80. The Kier molecular flexibility index (Phi) is 5.46. The molecule has 1 aliphatic carbocycles. The van der Waals surface area contributed by atoms with Gasteiger partial charge < -0.3 is 5.73 Å². The fourth-order valence-corrected chi connectivity index (χ4v) is 3.04. The van der Waals surface area contributed by atoms with Crippen molar-refractivity contribution in [1.29, 1.82) is 0 Å². The van der Waals surface area contributed by atoms with Gasteiger partial charge in [0.1, 0.15) is 0 Å². The molecule has 0 saturated heterocycles. The van der Waals surface area contributed by atoms with E-state index < -0.39 is 0 Å². The second kappa shape index (κ2) is 6.19. The molecule has 0 aromatic carbocycles. The van der Waals surface area contributed by atoms with Crippen LogP contribution in [0.4, 0.5) is 0 Å². The van der Waals surface area contributed by atoms with Gasteiger partial charge in [0.15, 0.2) is 0 Å². The maximum atomic E-state index is 6.06. The van der Waals surface area contributed by atoms with Gasteiger partial charge in [-0.2, -0.15) is 0 Å². The van der Waals surface area contributed by atoms with Gasteiger partial charge in [0, 0.05) is 12.1 Å². The van der Waals surface area contributed by atoms with Crippen LogP contribution >= 0.6 is 0 Å². The third-order valence-corrected chi connectivity index (χ3v) is 4.39. The summed E-state index contributed by atoms with van der Waals surface area (Å²) in [4.78, 5) is 2.55. The van der Waals surface area contributed by atoms with Crippen molar-refractivity contribution in [3.8, 4) is 0 Å². The van der Waals surface area contributed by atoms with Gasteiger partial charge in [0.25, 0.3) is 0 Å². The molecule has 1 rings (SSSR count). The molecule has 0 aromatic rings. The summed E-state index contributed by atoms with van der Waals surface area (Å²) in [6, 6.07) is 0. The summed E-state index contributed by atoms with van der Waals surface area (Å²) in [6.45, 7) is 9.01. The molecule has 17 heavy (non-hydrogen) atoms. The third kappa shape index (κ3) is 4.59.